The summed E-state index contributed by atoms with van der Waals surface area (Å²) in [6, 6.07) is -0.528. The fourth-order valence-corrected chi connectivity index (χ4v) is 4.93. The maximum Gasteiger partial charge on any atom is 0.413 e. The van der Waals surface area contributed by atoms with Crippen molar-refractivity contribution >= 4 is 35.4 Å². The van der Waals surface area contributed by atoms with Crippen molar-refractivity contribution in [2.75, 3.05) is 18.1 Å². The van der Waals surface area contributed by atoms with Crippen molar-refractivity contribution in [1.82, 2.24) is 4.90 Å². The van der Waals surface area contributed by atoms with Gasteiger partial charge < -0.3 is 9.47 Å². The molecule has 0 aromatic heterocycles. The number of Topliss-reactive ketones (excluding diaryl/α,β-unsaturated/α-hetero) is 1. The Balaban J connectivity index is 1.90. The molecule has 1 amide bonds. The van der Waals surface area contributed by atoms with E-state index in [0.29, 0.717) is 0 Å². The molecule has 3 aliphatic heterocycles. The minimum absolute atomic E-state index is 0.00295. The first kappa shape index (κ1) is 14.3. The van der Waals surface area contributed by atoms with Gasteiger partial charge in [-0.15, -0.1) is 23.5 Å². The molecule has 0 N–H and O–H groups in total. The third-order valence-corrected chi connectivity index (χ3v) is 5.80. The van der Waals surface area contributed by atoms with Crippen LogP contribution in [0.15, 0.2) is 9.81 Å². The van der Waals surface area contributed by atoms with Gasteiger partial charge >= 0.3 is 6.09 Å². The average Bonchev–Trinajstić information content (AvgIpc) is 2.74. The van der Waals surface area contributed by atoms with Gasteiger partial charge in [0.05, 0.1) is 16.4 Å². The second-order valence-corrected chi connectivity index (χ2v) is 8.09. The monoisotopic (exact) mass is 315 g/mol. The minimum atomic E-state index is -0.581. The summed E-state index contributed by atoms with van der Waals surface area (Å²) in [6.07, 6.45) is -0.915. The Morgan fingerprint density at radius 1 is 1.35 bits per heavy atom. The molecule has 1 fully saturated rings. The highest BCUT2D eigenvalue weighted by Crippen LogP contribution is 2.45. The predicted octanol–water partition coefficient (Wildman–Crippen LogP) is 2.22. The minimum Gasteiger partial charge on any atom is -0.444 e. The van der Waals surface area contributed by atoms with Gasteiger partial charge in [0.15, 0.2) is 12.0 Å². The van der Waals surface area contributed by atoms with E-state index in [1.54, 1.807) is 23.5 Å². The van der Waals surface area contributed by atoms with Gasteiger partial charge in [-0.25, -0.2) is 4.79 Å². The normalized spacial score (nSPS) is 29.6. The van der Waals surface area contributed by atoms with Crippen LogP contribution in [0.1, 0.15) is 20.8 Å². The summed E-state index contributed by atoms with van der Waals surface area (Å²) in [6.45, 7) is 5.71. The Morgan fingerprint density at radius 3 is 2.75 bits per heavy atom. The highest BCUT2D eigenvalue weighted by Gasteiger charge is 2.52. The molecule has 3 aliphatic rings. The highest BCUT2D eigenvalue weighted by atomic mass is 32.2. The van der Waals surface area contributed by atoms with Crippen molar-refractivity contribution in [3.63, 3.8) is 0 Å². The molecule has 5 nitrogen and oxygen atoms in total. The van der Waals surface area contributed by atoms with Crippen LogP contribution in [-0.4, -0.2) is 52.8 Å². The van der Waals surface area contributed by atoms with Crippen molar-refractivity contribution in [1.29, 1.82) is 0 Å². The van der Waals surface area contributed by atoms with Crippen LogP contribution in [0.4, 0.5) is 4.79 Å². The average molecular weight is 315 g/mol. The lowest BCUT2D eigenvalue weighted by molar-refractivity contribution is -0.119. The number of carbonyl (C=O) groups excluding carboxylic acids is 2. The van der Waals surface area contributed by atoms with E-state index in [-0.39, 0.29) is 12.4 Å². The third kappa shape index (κ3) is 2.35. The molecule has 0 aromatic rings. The zero-order valence-electron chi connectivity index (χ0n) is 11.7. The summed E-state index contributed by atoms with van der Waals surface area (Å²) in [5.74, 6) is 1.86. The van der Waals surface area contributed by atoms with E-state index < -0.39 is 24.0 Å². The molecule has 7 heteroatoms. The first-order valence-electron chi connectivity index (χ1n) is 6.55. The third-order valence-electron chi connectivity index (χ3n) is 3.17. The number of fused-ring (bicyclic) bond motifs is 3. The number of nitrogens with zero attached hydrogens (tertiary/aromatic N) is 1. The van der Waals surface area contributed by atoms with Crippen molar-refractivity contribution in [3.8, 4) is 0 Å². The van der Waals surface area contributed by atoms with E-state index in [9.17, 15) is 9.59 Å². The van der Waals surface area contributed by atoms with Crippen LogP contribution < -0.4 is 0 Å². The van der Waals surface area contributed by atoms with Crippen LogP contribution in [0.5, 0.6) is 0 Å². The van der Waals surface area contributed by atoms with Crippen molar-refractivity contribution in [3.05, 3.63) is 9.81 Å². The molecule has 0 aromatic carbocycles. The lowest BCUT2D eigenvalue weighted by Gasteiger charge is -2.36. The number of amides is 1. The topological polar surface area (TPSA) is 55.8 Å². The van der Waals surface area contributed by atoms with E-state index in [2.05, 4.69) is 0 Å². The van der Waals surface area contributed by atoms with Gasteiger partial charge in [-0.05, 0) is 20.8 Å². The zero-order valence-corrected chi connectivity index (χ0v) is 13.3. The van der Waals surface area contributed by atoms with Crippen LogP contribution in [0.2, 0.25) is 0 Å². The fraction of sp³-hybridized carbons (Fsp3) is 0.692. The SMILES string of the molecule is CC(C)(C)OC(=O)N1[C@@H]2CO[C@H]1C1=C(SCCS1)C2=O. The Kier molecular flexibility index (Phi) is 3.54. The van der Waals surface area contributed by atoms with Crippen LogP contribution in [0.3, 0.4) is 0 Å². The number of ether oxygens (including phenoxy) is 2. The first-order chi connectivity index (χ1) is 9.38. The second kappa shape index (κ2) is 4.96. The molecule has 0 radical (unpaired) electrons. The van der Waals surface area contributed by atoms with Gasteiger partial charge in [0, 0.05) is 11.5 Å². The number of rotatable bonds is 0. The molecule has 2 atom stereocenters. The molecule has 0 aliphatic carbocycles. The van der Waals surface area contributed by atoms with Gasteiger partial charge in [0.25, 0.3) is 0 Å². The summed E-state index contributed by atoms with van der Waals surface area (Å²) in [5, 5.41) is 0. The second-order valence-electron chi connectivity index (χ2n) is 5.84. The molecule has 3 rings (SSSR count). The predicted molar refractivity (Wildman–Crippen MR) is 78.6 cm³/mol. The quantitative estimate of drug-likeness (QED) is 0.683. The maximum absolute atomic E-state index is 12.5. The van der Waals surface area contributed by atoms with Gasteiger partial charge in [-0.2, -0.15) is 0 Å². The van der Waals surface area contributed by atoms with Gasteiger partial charge in [-0.3, -0.25) is 9.69 Å². The molecular weight excluding hydrogens is 298 g/mol. The number of hydrogen-bond donors (Lipinski definition) is 0. The molecule has 0 saturated carbocycles. The Labute approximate surface area is 126 Å². The first-order valence-corrected chi connectivity index (χ1v) is 8.52. The molecule has 3 heterocycles. The van der Waals surface area contributed by atoms with Gasteiger partial charge in [0.1, 0.15) is 11.6 Å². The molecule has 2 bridgehead atoms. The molecule has 20 heavy (non-hydrogen) atoms. The van der Waals surface area contributed by atoms with Crippen molar-refractivity contribution in [2.24, 2.45) is 0 Å². The highest BCUT2D eigenvalue weighted by molar-refractivity contribution is 8.10. The van der Waals surface area contributed by atoms with E-state index in [4.69, 9.17) is 9.47 Å². The fourth-order valence-electron chi connectivity index (χ4n) is 2.41. The Bertz CT molecular complexity index is 497. The van der Waals surface area contributed by atoms with E-state index in [1.165, 1.54) is 4.90 Å². The number of hydrogen-bond acceptors (Lipinski definition) is 6. The van der Waals surface area contributed by atoms with E-state index >= 15 is 0 Å². The van der Waals surface area contributed by atoms with E-state index in [0.717, 1.165) is 21.3 Å². The molecule has 0 unspecified atom stereocenters. The number of ketones is 1. The lowest BCUT2D eigenvalue weighted by atomic mass is 10.1. The van der Waals surface area contributed by atoms with Crippen molar-refractivity contribution in [2.45, 2.75) is 38.6 Å². The molecule has 0 spiro atoms. The lowest BCUT2D eigenvalue weighted by Crippen LogP contribution is -2.51. The standard InChI is InChI=1S/C13H17NO4S2/c1-13(2,3)18-12(16)14-7-6-17-11(14)10-9(8(7)15)19-4-5-20-10/h7,11H,4-6H2,1-3H3/t7-,11+/m1/s1. The van der Waals surface area contributed by atoms with Gasteiger partial charge in [-0.1, -0.05) is 0 Å². The molecule has 1 saturated heterocycles. The van der Waals surface area contributed by atoms with Crippen LogP contribution >= 0.6 is 23.5 Å². The number of carbonyl (C=O) groups is 2. The van der Waals surface area contributed by atoms with Crippen molar-refractivity contribution < 1.29 is 19.1 Å². The molecular formula is C13H17NO4S2. The summed E-state index contributed by atoms with van der Waals surface area (Å²) >= 11 is 3.19. The zero-order chi connectivity index (χ0) is 14.5. The largest absolute Gasteiger partial charge is 0.444 e. The summed E-state index contributed by atoms with van der Waals surface area (Å²) in [5.41, 5.74) is -0.581. The van der Waals surface area contributed by atoms with Crippen LogP contribution in [0, 0.1) is 0 Å². The summed E-state index contributed by atoms with van der Waals surface area (Å²) in [4.78, 5) is 27.9. The Morgan fingerprint density at radius 2 is 2.05 bits per heavy atom. The van der Waals surface area contributed by atoms with Crippen LogP contribution in [-0.2, 0) is 14.3 Å². The Hall–Kier alpha value is -0.660. The van der Waals surface area contributed by atoms with Crippen LogP contribution in [0.25, 0.3) is 0 Å². The number of thioether (sulfide) groups is 2. The summed E-state index contributed by atoms with van der Waals surface area (Å²) < 4.78 is 11.1. The smallest absolute Gasteiger partial charge is 0.413 e. The van der Waals surface area contributed by atoms with E-state index in [1.807, 2.05) is 20.8 Å². The summed E-state index contributed by atoms with van der Waals surface area (Å²) in [7, 11) is 0. The maximum atomic E-state index is 12.5. The molecule has 110 valence electrons. The van der Waals surface area contributed by atoms with Gasteiger partial charge in [0.2, 0.25) is 0 Å².